The molecular weight excluding hydrogens is 268 g/mol. The Hall–Kier alpha value is -2.42. The van der Waals surface area contributed by atoms with Crippen molar-refractivity contribution in [3.8, 4) is 0 Å². The van der Waals surface area contributed by atoms with Crippen molar-refractivity contribution in [2.45, 2.75) is 0 Å². The lowest BCUT2D eigenvalue weighted by Crippen LogP contribution is -2.50. The van der Waals surface area contributed by atoms with E-state index in [2.05, 4.69) is 4.98 Å². The standard InChI is InChI=1S/C11H14N4O5/c16-8-5-7(12-11(20)13-8)10(19)15-3-1-14(2-4-15)6-9(17)18/h5H,1-4,6H2,(H,17,18)(H2,12,13,16,20). The summed E-state index contributed by atoms with van der Waals surface area (Å²) in [7, 11) is 0. The van der Waals surface area contributed by atoms with E-state index in [-0.39, 0.29) is 12.2 Å². The number of H-pyrrole nitrogens is 2. The summed E-state index contributed by atoms with van der Waals surface area (Å²) in [6.07, 6.45) is 0. The Kier molecular flexibility index (Phi) is 3.99. The molecule has 20 heavy (non-hydrogen) atoms. The first-order chi connectivity index (χ1) is 9.45. The third-order valence-corrected chi connectivity index (χ3v) is 3.01. The van der Waals surface area contributed by atoms with Crippen molar-refractivity contribution in [1.82, 2.24) is 19.8 Å². The van der Waals surface area contributed by atoms with Gasteiger partial charge in [0.15, 0.2) is 0 Å². The zero-order valence-electron chi connectivity index (χ0n) is 10.6. The quantitative estimate of drug-likeness (QED) is 0.583. The van der Waals surface area contributed by atoms with Crippen LogP contribution < -0.4 is 11.2 Å². The Morgan fingerprint density at radius 3 is 2.35 bits per heavy atom. The van der Waals surface area contributed by atoms with Crippen molar-refractivity contribution < 1.29 is 14.7 Å². The zero-order valence-corrected chi connectivity index (χ0v) is 10.6. The van der Waals surface area contributed by atoms with E-state index in [1.807, 2.05) is 4.98 Å². The van der Waals surface area contributed by atoms with Crippen LogP contribution in [0.1, 0.15) is 10.5 Å². The zero-order chi connectivity index (χ0) is 14.7. The second-order valence-corrected chi connectivity index (χ2v) is 4.46. The first-order valence-electron chi connectivity index (χ1n) is 6.03. The molecule has 0 radical (unpaired) electrons. The summed E-state index contributed by atoms with van der Waals surface area (Å²) in [4.78, 5) is 52.4. The van der Waals surface area contributed by atoms with Gasteiger partial charge < -0.3 is 15.0 Å². The SMILES string of the molecule is O=C(O)CN1CCN(C(=O)c2cc(=O)[nH]c(=O)[nH]2)CC1. The monoisotopic (exact) mass is 282 g/mol. The molecule has 2 rings (SSSR count). The lowest BCUT2D eigenvalue weighted by Gasteiger charge is -2.33. The molecule has 0 spiro atoms. The number of aromatic nitrogens is 2. The Labute approximate surface area is 112 Å². The Morgan fingerprint density at radius 1 is 1.15 bits per heavy atom. The largest absolute Gasteiger partial charge is 0.480 e. The van der Waals surface area contributed by atoms with Gasteiger partial charge in [0, 0.05) is 32.2 Å². The highest BCUT2D eigenvalue weighted by Crippen LogP contribution is 2.05. The third-order valence-electron chi connectivity index (χ3n) is 3.01. The topological polar surface area (TPSA) is 127 Å². The number of nitrogens with zero attached hydrogens (tertiary/aromatic N) is 2. The molecule has 0 saturated carbocycles. The van der Waals surface area contributed by atoms with Crippen LogP contribution in [-0.2, 0) is 4.79 Å². The van der Waals surface area contributed by atoms with Gasteiger partial charge in [0.2, 0.25) is 0 Å². The van der Waals surface area contributed by atoms with E-state index in [1.165, 1.54) is 4.90 Å². The van der Waals surface area contributed by atoms with Gasteiger partial charge in [-0.05, 0) is 0 Å². The molecule has 0 bridgehead atoms. The molecular formula is C11H14N4O5. The molecule has 108 valence electrons. The molecule has 2 heterocycles. The van der Waals surface area contributed by atoms with Crippen LogP contribution in [0.25, 0.3) is 0 Å². The molecule has 1 saturated heterocycles. The Morgan fingerprint density at radius 2 is 1.80 bits per heavy atom. The molecule has 0 aliphatic carbocycles. The van der Waals surface area contributed by atoms with Gasteiger partial charge in [-0.25, -0.2) is 4.79 Å². The predicted molar refractivity (Wildman–Crippen MR) is 67.7 cm³/mol. The number of carboxylic acids is 1. The number of carbonyl (C=O) groups excluding carboxylic acids is 1. The minimum Gasteiger partial charge on any atom is -0.480 e. The minimum atomic E-state index is -0.913. The summed E-state index contributed by atoms with van der Waals surface area (Å²) in [5.41, 5.74) is -1.43. The molecule has 1 aromatic heterocycles. The van der Waals surface area contributed by atoms with Gasteiger partial charge in [0.1, 0.15) is 5.69 Å². The molecule has 3 N–H and O–H groups in total. The summed E-state index contributed by atoms with van der Waals surface area (Å²) in [6, 6.07) is 1.04. The van der Waals surface area contributed by atoms with E-state index >= 15 is 0 Å². The van der Waals surface area contributed by atoms with Crippen molar-refractivity contribution in [1.29, 1.82) is 0 Å². The van der Waals surface area contributed by atoms with Crippen LogP contribution in [0.4, 0.5) is 0 Å². The summed E-state index contributed by atoms with van der Waals surface area (Å²) in [6.45, 7) is 1.50. The number of carboxylic acid groups (broad SMARTS) is 1. The van der Waals surface area contributed by atoms with Crippen LogP contribution in [0.2, 0.25) is 0 Å². The highest BCUT2D eigenvalue weighted by atomic mass is 16.4. The summed E-state index contributed by atoms with van der Waals surface area (Å²) < 4.78 is 0. The molecule has 1 amide bonds. The van der Waals surface area contributed by atoms with E-state index in [0.717, 1.165) is 6.07 Å². The number of hydrogen-bond donors (Lipinski definition) is 3. The van der Waals surface area contributed by atoms with E-state index in [0.29, 0.717) is 26.2 Å². The van der Waals surface area contributed by atoms with E-state index in [9.17, 15) is 19.2 Å². The second-order valence-electron chi connectivity index (χ2n) is 4.46. The highest BCUT2D eigenvalue weighted by molar-refractivity contribution is 5.92. The number of nitrogens with one attached hydrogen (secondary N) is 2. The molecule has 9 heteroatoms. The summed E-state index contributed by atoms with van der Waals surface area (Å²) in [5.74, 6) is -1.35. The average molecular weight is 282 g/mol. The molecule has 9 nitrogen and oxygen atoms in total. The number of piperazine rings is 1. The Bertz CT molecular complexity index is 598. The molecule has 0 aromatic carbocycles. The van der Waals surface area contributed by atoms with Crippen LogP contribution in [-0.4, -0.2) is 69.5 Å². The summed E-state index contributed by atoms with van der Waals surface area (Å²) >= 11 is 0. The number of aromatic amines is 2. The maximum Gasteiger partial charge on any atom is 0.326 e. The van der Waals surface area contributed by atoms with Crippen molar-refractivity contribution in [2.75, 3.05) is 32.7 Å². The number of amides is 1. The van der Waals surface area contributed by atoms with Crippen molar-refractivity contribution in [3.63, 3.8) is 0 Å². The first kappa shape index (κ1) is 14.0. The van der Waals surface area contributed by atoms with Crippen LogP contribution in [0, 0.1) is 0 Å². The van der Waals surface area contributed by atoms with Gasteiger partial charge in [-0.2, -0.15) is 0 Å². The maximum absolute atomic E-state index is 12.1. The fourth-order valence-corrected chi connectivity index (χ4v) is 2.05. The Balaban J connectivity index is 2.03. The van der Waals surface area contributed by atoms with Crippen LogP contribution in [0.3, 0.4) is 0 Å². The lowest BCUT2D eigenvalue weighted by molar-refractivity contribution is -0.138. The molecule has 0 unspecified atom stereocenters. The molecule has 0 atom stereocenters. The second kappa shape index (κ2) is 5.70. The normalized spacial score (nSPS) is 16.1. The number of hydrogen-bond acceptors (Lipinski definition) is 5. The van der Waals surface area contributed by atoms with E-state index in [4.69, 9.17) is 5.11 Å². The third kappa shape index (κ3) is 3.32. The maximum atomic E-state index is 12.1. The smallest absolute Gasteiger partial charge is 0.326 e. The fourth-order valence-electron chi connectivity index (χ4n) is 2.05. The predicted octanol–water partition coefficient (Wildman–Crippen LogP) is -2.09. The van der Waals surface area contributed by atoms with Gasteiger partial charge in [-0.15, -0.1) is 0 Å². The van der Waals surface area contributed by atoms with E-state index < -0.39 is 23.1 Å². The molecule has 1 aliphatic heterocycles. The average Bonchev–Trinajstić information content (AvgIpc) is 2.37. The van der Waals surface area contributed by atoms with Crippen LogP contribution in [0.5, 0.6) is 0 Å². The first-order valence-corrected chi connectivity index (χ1v) is 6.03. The fraction of sp³-hybridized carbons (Fsp3) is 0.455. The minimum absolute atomic E-state index is 0.0644. The molecule has 1 aliphatic rings. The van der Waals surface area contributed by atoms with Gasteiger partial charge in [0.25, 0.3) is 11.5 Å². The van der Waals surface area contributed by atoms with Gasteiger partial charge in [0.05, 0.1) is 6.54 Å². The van der Waals surface area contributed by atoms with Crippen LogP contribution in [0.15, 0.2) is 15.7 Å². The number of carbonyl (C=O) groups is 2. The van der Waals surface area contributed by atoms with Gasteiger partial charge >= 0.3 is 11.7 Å². The number of rotatable bonds is 3. The van der Waals surface area contributed by atoms with Crippen molar-refractivity contribution in [2.24, 2.45) is 0 Å². The molecule has 1 fully saturated rings. The lowest BCUT2D eigenvalue weighted by atomic mass is 10.2. The number of aliphatic carboxylic acids is 1. The summed E-state index contributed by atoms with van der Waals surface area (Å²) in [5, 5.41) is 8.68. The van der Waals surface area contributed by atoms with Crippen LogP contribution >= 0.6 is 0 Å². The van der Waals surface area contributed by atoms with E-state index in [1.54, 1.807) is 4.90 Å². The van der Waals surface area contributed by atoms with Gasteiger partial charge in [-0.3, -0.25) is 24.3 Å². The van der Waals surface area contributed by atoms with Crippen molar-refractivity contribution >= 4 is 11.9 Å². The van der Waals surface area contributed by atoms with Crippen molar-refractivity contribution in [3.05, 3.63) is 32.6 Å². The van der Waals surface area contributed by atoms with Gasteiger partial charge in [-0.1, -0.05) is 0 Å². The molecule has 1 aromatic rings. The highest BCUT2D eigenvalue weighted by Gasteiger charge is 2.23.